The van der Waals surface area contributed by atoms with Crippen LogP contribution in [0.25, 0.3) is 0 Å². The quantitative estimate of drug-likeness (QED) is 0.395. The highest BCUT2D eigenvalue weighted by atomic mass is 16.7. The average molecular weight is 446 g/mol. The number of hydrogen-bond acceptors (Lipinski definition) is 3. The molecule has 3 amide bonds. The first-order chi connectivity index (χ1) is 16.0. The van der Waals surface area contributed by atoms with Gasteiger partial charge in [-0.25, -0.2) is 10.3 Å². The van der Waals surface area contributed by atoms with Gasteiger partial charge in [-0.3, -0.25) is 9.63 Å². The summed E-state index contributed by atoms with van der Waals surface area (Å²) in [6.07, 6.45) is 0.494. The van der Waals surface area contributed by atoms with E-state index >= 15 is 0 Å². The number of nitrogens with one attached hydrogen (secondary N) is 3. The number of benzene rings is 3. The van der Waals surface area contributed by atoms with Gasteiger partial charge in [-0.05, 0) is 29.0 Å². The summed E-state index contributed by atoms with van der Waals surface area (Å²) in [5.74, 6) is -0.0437. The Morgan fingerprint density at radius 3 is 1.79 bits per heavy atom. The van der Waals surface area contributed by atoms with Gasteiger partial charge in [-0.2, -0.15) is 0 Å². The van der Waals surface area contributed by atoms with Crippen LogP contribution in [0.5, 0.6) is 0 Å². The van der Waals surface area contributed by atoms with E-state index in [-0.39, 0.29) is 24.5 Å². The first-order valence-electron chi connectivity index (χ1n) is 11.2. The molecule has 33 heavy (non-hydrogen) atoms. The van der Waals surface area contributed by atoms with Crippen molar-refractivity contribution in [3.05, 3.63) is 108 Å². The standard InChI is InChI=1S/C27H31N3O3/c1-20(2)18-24(28-27(32)30-33-19-21-12-6-3-7-13-21)26(31)29-25(22-14-8-4-9-15-22)23-16-10-5-11-17-23/h3-17,20,24-25H,18-19H2,1-2H3,(H,29,31)(H2,28,30,32)/t24-/m0/s1. The molecular formula is C27H31N3O3. The fraction of sp³-hybridized carbons (Fsp3) is 0.259. The smallest absolute Gasteiger partial charge is 0.339 e. The van der Waals surface area contributed by atoms with Crippen molar-refractivity contribution in [3.8, 4) is 0 Å². The van der Waals surface area contributed by atoms with Gasteiger partial charge in [0.05, 0.1) is 12.6 Å². The second kappa shape index (κ2) is 12.4. The number of carbonyl (C=O) groups is 2. The fourth-order valence-corrected chi connectivity index (χ4v) is 3.54. The second-order valence-corrected chi connectivity index (χ2v) is 8.29. The van der Waals surface area contributed by atoms with Gasteiger partial charge in [0.15, 0.2) is 0 Å². The SMILES string of the molecule is CC(C)C[C@H](NC(=O)NOCc1ccccc1)C(=O)NC(c1ccccc1)c1ccccc1. The third-order valence-corrected chi connectivity index (χ3v) is 5.13. The molecule has 6 nitrogen and oxygen atoms in total. The van der Waals surface area contributed by atoms with E-state index in [9.17, 15) is 9.59 Å². The maximum atomic E-state index is 13.3. The lowest BCUT2D eigenvalue weighted by Crippen LogP contribution is -2.51. The highest BCUT2D eigenvalue weighted by Gasteiger charge is 2.25. The molecule has 0 unspecified atom stereocenters. The molecule has 1 atom stereocenters. The molecule has 0 spiro atoms. The average Bonchev–Trinajstić information content (AvgIpc) is 2.83. The molecule has 3 rings (SSSR count). The summed E-state index contributed by atoms with van der Waals surface area (Å²) in [4.78, 5) is 31.0. The number of hydrogen-bond donors (Lipinski definition) is 3. The predicted molar refractivity (Wildman–Crippen MR) is 129 cm³/mol. The van der Waals surface area contributed by atoms with Crippen LogP contribution in [0.2, 0.25) is 0 Å². The molecule has 3 N–H and O–H groups in total. The Labute approximate surface area is 195 Å². The first kappa shape index (κ1) is 24.0. The summed E-state index contributed by atoms with van der Waals surface area (Å²) in [6, 6.07) is 27.5. The predicted octanol–water partition coefficient (Wildman–Crippen LogP) is 4.74. The number of hydroxylamine groups is 1. The van der Waals surface area contributed by atoms with Crippen LogP contribution in [-0.4, -0.2) is 18.0 Å². The van der Waals surface area contributed by atoms with Crippen LogP contribution >= 0.6 is 0 Å². The maximum Gasteiger partial charge on any atom is 0.339 e. The van der Waals surface area contributed by atoms with Crippen molar-refractivity contribution < 1.29 is 14.4 Å². The summed E-state index contributed by atoms with van der Waals surface area (Å²) in [6.45, 7) is 4.26. The van der Waals surface area contributed by atoms with Gasteiger partial charge in [-0.1, -0.05) is 105 Å². The molecule has 172 valence electrons. The molecule has 0 radical (unpaired) electrons. The monoisotopic (exact) mass is 445 g/mol. The Kier molecular flexibility index (Phi) is 9.03. The van der Waals surface area contributed by atoms with Crippen LogP contribution in [0, 0.1) is 5.92 Å². The van der Waals surface area contributed by atoms with Gasteiger partial charge in [-0.15, -0.1) is 0 Å². The first-order valence-corrected chi connectivity index (χ1v) is 11.2. The molecule has 3 aromatic rings. The molecule has 6 heteroatoms. The van der Waals surface area contributed by atoms with E-state index in [0.717, 1.165) is 16.7 Å². The summed E-state index contributed by atoms with van der Waals surface area (Å²) >= 11 is 0. The van der Waals surface area contributed by atoms with Crippen molar-refractivity contribution >= 4 is 11.9 Å². The van der Waals surface area contributed by atoms with Crippen molar-refractivity contribution in [3.63, 3.8) is 0 Å². The van der Waals surface area contributed by atoms with E-state index in [1.807, 2.05) is 105 Å². The van der Waals surface area contributed by atoms with E-state index in [4.69, 9.17) is 4.84 Å². The Morgan fingerprint density at radius 1 is 0.758 bits per heavy atom. The van der Waals surface area contributed by atoms with Crippen LogP contribution < -0.4 is 16.1 Å². The molecule has 0 heterocycles. The van der Waals surface area contributed by atoms with Crippen molar-refractivity contribution in [2.24, 2.45) is 5.92 Å². The van der Waals surface area contributed by atoms with Crippen LogP contribution in [-0.2, 0) is 16.2 Å². The number of rotatable bonds is 10. The summed E-state index contributed by atoms with van der Waals surface area (Å²) in [5.41, 5.74) is 5.25. The zero-order valence-corrected chi connectivity index (χ0v) is 19.0. The maximum absolute atomic E-state index is 13.3. The number of amides is 3. The van der Waals surface area contributed by atoms with Gasteiger partial charge in [0.1, 0.15) is 6.04 Å². The van der Waals surface area contributed by atoms with E-state index in [1.54, 1.807) is 0 Å². The zero-order valence-electron chi connectivity index (χ0n) is 19.0. The van der Waals surface area contributed by atoms with E-state index in [2.05, 4.69) is 16.1 Å². The number of carbonyl (C=O) groups excluding carboxylic acids is 2. The third-order valence-electron chi connectivity index (χ3n) is 5.13. The van der Waals surface area contributed by atoms with Crippen molar-refractivity contribution in [2.45, 2.75) is 39.0 Å². The fourth-order valence-electron chi connectivity index (χ4n) is 3.54. The van der Waals surface area contributed by atoms with Crippen molar-refractivity contribution in [2.75, 3.05) is 0 Å². The molecule has 0 aromatic heterocycles. The van der Waals surface area contributed by atoms with E-state index in [0.29, 0.717) is 6.42 Å². The minimum Gasteiger partial charge on any atom is -0.343 e. The highest BCUT2D eigenvalue weighted by Crippen LogP contribution is 2.22. The normalized spacial score (nSPS) is 11.8. The van der Waals surface area contributed by atoms with Crippen LogP contribution in [0.1, 0.15) is 43.0 Å². The second-order valence-electron chi connectivity index (χ2n) is 8.29. The molecule has 0 fully saturated rings. The number of urea groups is 1. The molecule has 0 saturated heterocycles. The van der Waals surface area contributed by atoms with Gasteiger partial charge in [0.2, 0.25) is 5.91 Å². The van der Waals surface area contributed by atoms with E-state index in [1.165, 1.54) is 0 Å². The summed E-state index contributed by atoms with van der Waals surface area (Å²) in [7, 11) is 0. The lowest BCUT2D eigenvalue weighted by molar-refractivity contribution is -0.123. The molecular weight excluding hydrogens is 414 g/mol. The van der Waals surface area contributed by atoms with Crippen molar-refractivity contribution in [1.82, 2.24) is 16.1 Å². The summed E-state index contributed by atoms with van der Waals surface area (Å²) < 4.78 is 0. The molecule has 0 saturated carbocycles. The Morgan fingerprint density at radius 2 is 1.27 bits per heavy atom. The minimum absolute atomic E-state index is 0.207. The van der Waals surface area contributed by atoms with Crippen LogP contribution in [0.3, 0.4) is 0 Å². The minimum atomic E-state index is -0.708. The lowest BCUT2D eigenvalue weighted by Gasteiger charge is -2.25. The van der Waals surface area contributed by atoms with Gasteiger partial charge >= 0.3 is 6.03 Å². The van der Waals surface area contributed by atoms with Crippen LogP contribution in [0.4, 0.5) is 4.79 Å². The molecule has 0 bridgehead atoms. The molecule has 0 aliphatic rings. The zero-order chi connectivity index (χ0) is 23.5. The Bertz CT molecular complexity index is 955. The van der Waals surface area contributed by atoms with Gasteiger partial charge in [0.25, 0.3) is 0 Å². The van der Waals surface area contributed by atoms with Gasteiger partial charge < -0.3 is 10.6 Å². The Balaban J connectivity index is 1.66. The van der Waals surface area contributed by atoms with Crippen LogP contribution in [0.15, 0.2) is 91.0 Å². The molecule has 3 aromatic carbocycles. The third kappa shape index (κ3) is 7.77. The van der Waals surface area contributed by atoms with Gasteiger partial charge in [0, 0.05) is 0 Å². The van der Waals surface area contributed by atoms with E-state index < -0.39 is 12.1 Å². The summed E-state index contributed by atoms with van der Waals surface area (Å²) in [5, 5.41) is 5.88. The molecule has 0 aliphatic carbocycles. The molecule has 0 aliphatic heterocycles. The Hall–Kier alpha value is -3.64. The topological polar surface area (TPSA) is 79.5 Å². The van der Waals surface area contributed by atoms with Crippen molar-refractivity contribution in [1.29, 1.82) is 0 Å². The highest BCUT2D eigenvalue weighted by molar-refractivity contribution is 5.87. The largest absolute Gasteiger partial charge is 0.343 e. The lowest BCUT2D eigenvalue weighted by atomic mass is 9.97.